The topological polar surface area (TPSA) is 58.4 Å². The molecule has 0 fully saturated rings. The standard InChI is InChI=1S/C23H22N4O/c1-16-7-6-14-27-21(17(2)24-23(16)27)15-22(28)26-20-12-10-19(11-13-20)25-18-8-4-3-5-9-18/h3-14,25H,15H2,1-2H3,(H,26,28). The van der Waals surface area contributed by atoms with Crippen molar-refractivity contribution in [1.82, 2.24) is 9.38 Å². The first-order valence-corrected chi connectivity index (χ1v) is 9.25. The summed E-state index contributed by atoms with van der Waals surface area (Å²) in [6, 6.07) is 21.7. The molecule has 4 rings (SSSR count). The van der Waals surface area contributed by atoms with E-state index in [-0.39, 0.29) is 12.3 Å². The number of pyridine rings is 1. The van der Waals surface area contributed by atoms with Crippen molar-refractivity contribution in [3.05, 3.63) is 89.9 Å². The summed E-state index contributed by atoms with van der Waals surface area (Å²) in [6.45, 7) is 3.97. The normalized spacial score (nSPS) is 10.8. The summed E-state index contributed by atoms with van der Waals surface area (Å²) in [5.41, 5.74) is 6.56. The Labute approximate surface area is 164 Å². The molecule has 0 bridgehead atoms. The van der Waals surface area contributed by atoms with Gasteiger partial charge < -0.3 is 15.0 Å². The molecule has 0 aliphatic rings. The monoisotopic (exact) mass is 370 g/mol. The van der Waals surface area contributed by atoms with Crippen LogP contribution in [-0.4, -0.2) is 15.3 Å². The number of hydrogen-bond donors (Lipinski definition) is 2. The molecule has 0 unspecified atom stereocenters. The van der Waals surface area contributed by atoms with E-state index in [0.29, 0.717) is 0 Å². The molecule has 0 saturated carbocycles. The molecule has 0 spiro atoms. The van der Waals surface area contributed by atoms with Crippen LogP contribution in [0.4, 0.5) is 17.1 Å². The van der Waals surface area contributed by atoms with Crippen molar-refractivity contribution in [1.29, 1.82) is 0 Å². The second-order valence-electron chi connectivity index (χ2n) is 6.82. The lowest BCUT2D eigenvalue weighted by Crippen LogP contribution is -2.16. The van der Waals surface area contributed by atoms with E-state index in [1.807, 2.05) is 91.2 Å². The molecule has 2 N–H and O–H groups in total. The average Bonchev–Trinajstić information content (AvgIpc) is 3.01. The summed E-state index contributed by atoms with van der Waals surface area (Å²) < 4.78 is 2.00. The van der Waals surface area contributed by atoms with Crippen LogP contribution in [-0.2, 0) is 11.2 Å². The number of fused-ring (bicyclic) bond motifs is 1. The third-order valence-corrected chi connectivity index (χ3v) is 4.70. The summed E-state index contributed by atoms with van der Waals surface area (Å²) in [5, 5.41) is 6.30. The predicted octanol–water partition coefficient (Wildman–Crippen LogP) is 4.88. The Morgan fingerprint density at radius 2 is 1.57 bits per heavy atom. The van der Waals surface area contributed by atoms with Crippen molar-refractivity contribution in [2.45, 2.75) is 20.3 Å². The van der Waals surface area contributed by atoms with Crippen molar-refractivity contribution in [3.8, 4) is 0 Å². The third kappa shape index (κ3) is 3.74. The van der Waals surface area contributed by atoms with Crippen molar-refractivity contribution in [2.75, 3.05) is 10.6 Å². The van der Waals surface area contributed by atoms with Gasteiger partial charge in [0.15, 0.2) is 0 Å². The minimum Gasteiger partial charge on any atom is -0.356 e. The molecule has 0 aliphatic heterocycles. The van der Waals surface area contributed by atoms with Gasteiger partial charge in [0, 0.05) is 23.3 Å². The summed E-state index contributed by atoms with van der Waals surface area (Å²) in [6.07, 6.45) is 2.23. The first kappa shape index (κ1) is 17.8. The number of rotatable bonds is 5. The van der Waals surface area contributed by atoms with E-state index in [1.165, 1.54) is 0 Å². The second-order valence-corrected chi connectivity index (χ2v) is 6.82. The number of nitrogens with zero attached hydrogens (tertiary/aromatic N) is 2. The average molecular weight is 370 g/mol. The predicted molar refractivity (Wildman–Crippen MR) is 113 cm³/mol. The minimum absolute atomic E-state index is 0.0600. The molecule has 2 aromatic carbocycles. The van der Waals surface area contributed by atoms with Crippen LogP contribution >= 0.6 is 0 Å². The van der Waals surface area contributed by atoms with Gasteiger partial charge in [-0.05, 0) is 61.9 Å². The van der Waals surface area contributed by atoms with Gasteiger partial charge in [0.05, 0.1) is 17.8 Å². The molecule has 2 heterocycles. The molecule has 0 aliphatic carbocycles. The Morgan fingerprint density at radius 3 is 2.32 bits per heavy atom. The second kappa shape index (κ2) is 7.56. The smallest absolute Gasteiger partial charge is 0.230 e. The quantitative estimate of drug-likeness (QED) is 0.527. The fourth-order valence-electron chi connectivity index (χ4n) is 3.26. The first-order valence-electron chi connectivity index (χ1n) is 9.25. The zero-order chi connectivity index (χ0) is 19.5. The van der Waals surface area contributed by atoms with Gasteiger partial charge in [-0.15, -0.1) is 0 Å². The number of aryl methyl sites for hydroxylation is 2. The Bertz CT molecular complexity index is 1110. The van der Waals surface area contributed by atoms with Crippen molar-refractivity contribution >= 4 is 28.6 Å². The number of nitrogens with one attached hydrogen (secondary N) is 2. The lowest BCUT2D eigenvalue weighted by Gasteiger charge is -2.09. The van der Waals surface area contributed by atoms with Gasteiger partial charge in [0.25, 0.3) is 0 Å². The Hall–Kier alpha value is -3.60. The minimum atomic E-state index is -0.0600. The van der Waals surface area contributed by atoms with Crippen LogP contribution < -0.4 is 10.6 Å². The lowest BCUT2D eigenvalue weighted by molar-refractivity contribution is -0.115. The number of carbonyl (C=O) groups is 1. The fraction of sp³-hybridized carbons (Fsp3) is 0.130. The highest BCUT2D eigenvalue weighted by Gasteiger charge is 2.14. The number of amides is 1. The Balaban J connectivity index is 1.44. The molecule has 0 atom stereocenters. The van der Waals surface area contributed by atoms with Crippen LogP contribution in [0.2, 0.25) is 0 Å². The highest BCUT2D eigenvalue weighted by Crippen LogP contribution is 2.20. The zero-order valence-corrected chi connectivity index (χ0v) is 15.9. The molecule has 2 aromatic heterocycles. The van der Waals surface area contributed by atoms with Gasteiger partial charge in [-0.2, -0.15) is 0 Å². The number of benzene rings is 2. The SMILES string of the molecule is Cc1nc2c(C)cccn2c1CC(=O)Nc1ccc(Nc2ccccc2)cc1. The van der Waals surface area contributed by atoms with Gasteiger partial charge in [0.1, 0.15) is 5.65 Å². The van der Waals surface area contributed by atoms with Crippen molar-refractivity contribution < 1.29 is 4.79 Å². The molecular formula is C23H22N4O. The summed E-state index contributed by atoms with van der Waals surface area (Å²) in [7, 11) is 0. The largest absolute Gasteiger partial charge is 0.356 e. The molecule has 0 radical (unpaired) electrons. The maximum absolute atomic E-state index is 12.6. The highest BCUT2D eigenvalue weighted by molar-refractivity contribution is 5.92. The van der Waals surface area contributed by atoms with E-state index in [9.17, 15) is 4.79 Å². The summed E-state index contributed by atoms with van der Waals surface area (Å²) in [5.74, 6) is -0.0600. The molecular weight excluding hydrogens is 348 g/mol. The van der Waals surface area contributed by atoms with E-state index in [2.05, 4.69) is 15.6 Å². The van der Waals surface area contributed by atoms with Crippen molar-refractivity contribution in [3.63, 3.8) is 0 Å². The number of hydrogen-bond acceptors (Lipinski definition) is 3. The molecule has 1 amide bonds. The summed E-state index contributed by atoms with van der Waals surface area (Å²) >= 11 is 0. The third-order valence-electron chi connectivity index (χ3n) is 4.70. The first-order chi connectivity index (χ1) is 13.6. The molecule has 0 saturated heterocycles. The molecule has 5 nitrogen and oxygen atoms in total. The Kier molecular flexibility index (Phi) is 4.81. The van der Waals surface area contributed by atoms with Crippen molar-refractivity contribution in [2.24, 2.45) is 0 Å². The summed E-state index contributed by atoms with van der Waals surface area (Å²) in [4.78, 5) is 17.2. The van der Waals surface area contributed by atoms with Gasteiger partial charge >= 0.3 is 0 Å². The van der Waals surface area contributed by atoms with E-state index >= 15 is 0 Å². The van der Waals surface area contributed by atoms with Gasteiger partial charge in [-0.1, -0.05) is 24.3 Å². The van der Waals surface area contributed by atoms with Crippen LogP contribution in [0, 0.1) is 13.8 Å². The van der Waals surface area contributed by atoms with Crippen LogP contribution in [0.3, 0.4) is 0 Å². The molecule has 5 heteroatoms. The molecule has 140 valence electrons. The van der Waals surface area contributed by atoms with Gasteiger partial charge in [0.2, 0.25) is 5.91 Å². The van der Waals surface area contributed by atoms with Gasteiger partial charge in [-0.3, -0.25) is 4.79 Å². The maximum Gasteiger partial charge on any atom is 0.230 e. The highest BCUT2D eigenvalue weighted by atomic mass is 16.1. The van der Waals surface area contributed by atoms with E-state index < -0.39 is 0 Å². The van der Waals surface area contributed by atoms with Crippen LogP contribution in [0.25, 0.3) is 5.65 Å². The maximum atomic E-state index is 12.6. The van der Waals surface area contributed by atoms with Gasteiger partial charge in [-0.25, -0.2) is 4.98 Å². The number of anilines is 3. The number of carbonyl (C=O) groups excluding carboxylic acids is 1. The fourth-order valence-corrected chi connectivity index (χ4v) is 3.26. The Morgan fingerprint density at radius 1 is 0.893 bits per heavy atom. The van der Waals surface area contributed by atoms with Crippen LogP contribution in [0.15, 0.2) is 72.9 Å². The number of imidazole rings is 1. The van der Waals surface area contributed by atoms with E-state index in [0.717, 1.165) is 39.7 Å². The number of para-hydroxylation sites is 1. The lowest BCUT2D eigenvalue weighted by atomic mass is 10.2. The van der Waals surface area contributed by atoms with Crippen LogP contribution in [0.1, 0.15) is 17.0 Å². The van der Waals surface area contributed by atoms with Crippen LogP contribution in [0.5, 0.6) is 0 Å². The number of aromatic nitrogens is 2. The molecule has 4 aromatic rings. The van der Waals surface area contributed by atoms with E-state index in [1.54, 1.807) is 0 Å². The van der Waals surface area contributed by atoms with E-state index in [4.69, 9.17) is 0 Å². The zero-order valence-electron chi connectivity index (χ0n) is 15.9. The molecule has 28 heavy (non-hydrogen) atoms.